The molecule has 2 aromatic rings. The lowest BCUT2D eigenvalue weighted by molar-refractivity contribution is -0.137. The van der Waals surface area contributed by atoms with Crippen LogP contribution in [0.4, 0.5) is 18.9 Å². The molecule has 4 rings (SSSR count). The standard InChI is InChI=1S/C21H21F3N2O5S/c1-30-15-3-4-16-17-10-13(21(22,23)24)2-5-18(17)26(32(28,29)19(16)11-15)12-20(27)25-14-6-8-31-9-7-14/h2-5,10-11,14H,6-9,12H2,1H3,(H,25,27). The quantitative estimate of drug-likeness (QED) is 0.742. The number of anilines is 1. The number of methoxy groups -OCH3 is 1. The van der Waals surface area contributed by atoms with Gasteiger partial charge in [0.2, 0.25) is 5.91 Å². The molecule has 1 amide bonds. The number of halogens is 3. The van der Waals surface area contributed by atoms with Crippen LogP contribution in [0.2, 0.25) is 0 Å². The number of carbonyl (C=O) groups is 1. The summed E-state index contributed by atoms with van der Waals surface area (Å²) in [5.74, 6) is -0.313. The van der Waals surface area contributed by atoms with E-state index >= 15 is 0 Å². The van der Waals surface area contributed by atoms with E-state index in [0.29, 0.717) is 26.1 Å². The van der Waals surface area contributed by atoms with Crippen molar-refractivity contribution in [2.75, 3.05) is 31.2 Å². The van der Waals surface area contributed by atoms with Gasteiger partial charge in [0.05, 0.1) is 23.3 Å². The summed E-state index contributed by atoms with van der Waals surface area (Å²) in [6.07, 6.45) is -3.41. The minimum Gasteiger partial charge on any atom is -0.497 e. The van der Waals surface area contributed by atoms with Crippen molar-refractivity contribution in [1.82, 2.24) is 5.32 Å². The largest absolute Gasteiger partial charge is 0.497 e. The maximum absolute atomic E-state index is 13.4. The summed E-state index contributed by atoms with van der Waals surface area (Å²) in [7, 11) is -2.87. The molecule has 0 radical (unpaired) electrons. The fourth-order valence-corrected chi connectivity index (χ4v) is 5.54. The van der Waals surface area contributed by atoms with Gasteiger partial charge in [-0.05, 0) is 43.2 Å². The zero-order valence-electron chi connectivity index (χ0n) is 17.1. The molecule has 0 atom stereocenters. The van der Waals surface area contributed by atoms with Gasteiger partial charge in [0.25, 0.3) is 10.0 Å². The van der Waals surface area contributed by atoms with Crippen LogP contribution >= 0.6 is 0 Å². The molecule has 2 aliphatic heterocycles. The Morgan fingerprint density at radius 1 is 1.16 bits per heavy atom. The molecule has 0 saturated carbocycles. The first-order valence-corrected chi connectivity index (χ1v) is 11.3. The van der Waals surface area contributed by atoms with Crippen LogP contribution in [0, 0.1) is 0 Å². The van der Waals surface area contributed by atoms with Gasteiger partial charge in [-0.15, -0.1) is 0 Å². The fourth-order valence-electron chi connectivity index (χ4n) is 3.88. The van der Waals surface area contributed by atoms with Crippen molar-refractivity contribution in [3.8, 4) is 16.9 Å². The first-order valence-electron chi connectivity index (χ1n) is 9.91. The predicted octanol–water partition coefficient (Wildman–Crippen LogP) is 3.18. The molecule has 0 unspecified atom stereocenters. The smallest absolute Gasteiger partial charge is 0.416 e. The number of ether oxygens (including phenoxy) is 2. The number of alkyl halides is 3. The van der Waals surface area contributed by atoms with E-state index in [1.165, 1.54) is 25.3 Å². The molecule has 1 saturated heterocycles. The predicted molar refractivity (Wildman–Crippen MR) is 110 cm³/mol. The second kappa shape index (κ2) is 8.28. The summed E-state index contributed by atoms with van der Waals surface area (Å²) in [6, 6.07) is 6.78. The Morgan fingerprint density at radius 2 is 1.88 bits per heavy atom. The molecule has 0 bridgehead atoms. The highest BCUT2D eigenvalue weighted by Gasteiger charge is 2.39. The summed E-state index contributed by atoms with van der Waals surface area (Å²) in [5.41, 5.74) is -0.708. The van der Waals surface area contributed by atoms with Crippen LogP contribution in [0.1, 0.15) is 18.4 Å². The third-order valence-corrected chi connectivity index (χ3v) is 7.31. The molecule has 11 heteroatoms. The summed E-state index contributed by atoms with van der Waals surface area (Å²) in [5, 5.41) is 2.79. The first-order chi connectivity index (χ1) is 15.1. The van der Waals surface area contributed by atoms with Crippen molar-refractivity contribution in [3.63, 3.8) is 0 Å². The molecule has 1 fully saturated rings. The van der Waals surface area contributed by atoms with Crippen molar-refractivity contribution in [2.24, 2.45) is 0 Å². The van der Waals surface area contributed by atoms with E-state index in [4.69, 9.17) is 9.47 Å². The number of nitrogens with zero attached hydrogens (tertiary/aromatic N) is 1. The van der Waals surface area contributed by atoms with Gasteiger partial charge >= 0.3 is 6.18 Å². The average molecular weight is 470 g/mol. The molecule has 0 aromatic heterocycles. The van der Waals surface area contributed by atoms with Crippen molar-refractivity contribution in [1.29, 1.82) is 0 Å². The van der Waals surface area contributed by atoms with Crippen LogP contribution in [-0.4, -0.2) is 47.2 Å². The summed E-state index contributed by atoms with van der Waals surface area (Å²) >= 11 is 0. The SMILES string of the molecule is COc1ccc2c(c1)S(=O)(=O)N(CC(=O)NC1CCOCC1)c1ccc(C(F)(F)F)cc1-2. The van der Waals surface area contributed by atoms with Gasteiger partial charge in [-0.25, -0.2) is 8.42 Å². The second-order valence-corrected chi connectivity index (χ2v) is 9.39. The van der Waals surface area contributed by atoms with Crippen molar-refractivity contribution in [3.05, 3.63) is 42.0 Å². The van der Waals surface area contributed by atoms with E-state index in [1.54, 1.807) is 0 Å². The van der Waals surface area contributed by atoms with E-state index < -0.39 is 34.2 Å². The second-order valence-electron chi connectivity index (χ2n) is 7.56. The molecule has 2 aromatic carbocycles. The molecule has 32 heavy (non-hydrogen) atoms. The number of benzene rings is 2. The minimum absolute atomic E-state index is 0.0118. The lowest BCUT2D eigenvalue weighted by Gasteiger charge is -2.33. The molecular formula is C21H21F3N2O5S. The zero-order chi connectivity index (χ0) is 23.1. The lowest BCUT2D eigenvalue weighted by Crippen LogP contribution is -2.46. The van der Waals surface area contributed by atoms with Crippen LogP contribution in [0.5, 0.6) is 5.75 Å². The Balaban J connectivity index is 1.77. The molecule has 2 heterocycles. The van der Waals surface area contributed by atoms with E-state index in [-0.39, 0.29) is 33.5 Å². The topological polar surface area (TPSA) is 84.9 Å². The lowest BCUT2D eigenvalue weighted by atomic mass is 9.99. The van der Waals surface area contributed by atoms with Crippen LogP contribution in [0.25, 0.3) is 11.1 Å². The van der Waals surface area contributed by atoms with E-state index in [9.17, 15) is 26.4 Å². The third kappa shape index (κ3) is 4.14. The molecule has 7 nitrogen and oxygen atoms in total. The number of amides is 1. The Bertz CT molecular complexity index is 1140. The molecule has 172 valence electrons. The Labute approximate surface area is 183 Å². The highest BCUT2D eigenvalue weighted by atomic mass is 32.2. The number of carbonyl (C=O) groups excluding carboxylic acids is 1. The van der Waals surface area contributed by atoms with Gasteiger partial charge in [0.1, 0.15) is 12.3 Å². The van der Waals surface area contributed by atoms with Gasteiger partial charge in [-0.3, -0.25) is 9.10 Å². The maximum Gasteiger partial charge on any atom is 0.416 e. The van der Waals surface area contributed by atoms with E-state index in [1.807, 2.05) is 0 Å². The van der Waals surface area contributed by atoms with Crippen molar-refractivity contribution < 1.29 is 35.9 Å². The number of rotatable bonds is 4. The third-order valence-electron chi connectivity index (χ3n) is 5.51. The van der Waals surface area contributed by atoms with E-state index in [2.05, 4.69) is 5.32 Å². The number of hydrogen-bond donors (Lipinski definition) is 1. The zero-order valence-corrected chi connectivity index (χ0v) is 17.9. The van der Waals surface area contributed by atoms with Crippen LogP contribution in [-0.2, 0) is 25.7 Å². The normalized spacial score (nSPS) is 17.9. The molecule has 0 aliphatic carbocycles. The van der Waals surface area contributed by atoms with Crippen LogP contribution in [0.3, 0.4) is 0 Å². The number of hydrogen-bond acceptors (Lipinski definition) is 5. The summed E-state index contributed by atoms with van der Waals surface area (Å²) < 4.78 is 78.0. The van der Waals surface area contributed by atoms with Crippen molar-refractivity contribution >= 4 is 21.6 Å². The number of fused-ring (bicyclic) bond motifs is 3. The molecular weight excluding hydrogens is 449 g/mol. The highest BCUT2D eigenvalue weighted by Crippen LogP contribution is 2.46. The average Bonchev–Trinajstić information content (AvgIpc) is 2.76. The van der Waals surface area contributed by atoms with Crippen LogP contribution in [0.15, 0.2) is 41.3 Å². The Morgan fingerprint density at radius 3 is 2.53 bits per heavy atom. The fraction of sp³-hybridized carbons (Fsp3) is 0.381. The Hall–Kier alpha value is -2.79. The van der Waals surface area contributed by atoms with Gasteiger partial charge in [0, 0.05) is 36.4 Å². The highest BCUT2D eigenvalue weighted by molar-refractivity contribution is 7.93. The van der Waals surface area contributed by atoms with Gasteiger partial charge in [-0.1, -0.05) is 0 Å². The molecule has 2 aliphatic rings. The maximum atomic E-state index is 13.4. The summed E-state index contributed by atoms with van der Waals surface area (Å²) in [4.78, 5) is 12.5. The molecule has 1 N–H and O–H groups in total. The summed E-state index contributed by atoms with van der Waals surface area (Å²) in [6.45, 7) is 0.418. The van der Waals surface area contributed by atoms with Gasteiger partial charge in [-0.2, -0.15) is 13.2 Å². The van der Waals surface area contributed by atoms with E-state index in [0.717, 1.165) is 22.5 Å². The Kier molecular flexibility index (Phi) is 5.80. The van der Waals surface area contributed by atoms with Crippen LogP contribution < -0.4 is 14.4 Å². The first kappa shape index (κ1) is 22.4. The van der Waals surface area contributed by atoms with Crippen molar-refractivity contribution in [2.45, 2.75) is 30.0 Å². The van der Waals surface area contributed by atoms with Gasteiger partial charge in [0.15, 0.2) is 0 Å². The minimum atomic E-state index is -4.61. The molecule has 0 spiro atoms. The number of sulfonamides is 1. The monoisotopic (exact) mass is 470 g/mol. The number of nitrogens with one attached hydrogen (secondary N) is 1. The van der Waals surface area contributed by atoms with Gasteiger partial charge < -0.3 is 14.8 Å².